The largest absolute Gasteiger partial charge is 0.341 e. The van der Waals surface area contributed by atoms with Crippen LogP contribution in [0.3, 0.4) is 0 Å². The Balaban J connectivity index is 0.00000144. The van der Waals surface area contributed by atoms with Crippen molar-refractivity contribution in [1.29, 1.82) is 0 Å². The van der Waals surface area contributed by atoms with Crippen LogP contribution in [0.4, 0.5) is 0 Å². The summed E-state index contributed by atoms with van der Waals surface area (Å²) in [5, 5.41) is 10.5. The highest BCUT2D eigenvalue weighted by atomic mass is 35.5. The molecule has 0 aliphatic carbocycles. The second-order valence-corrected chi connectivity index (χ2v) is 6.57. The lowest BCUT2D eigenvalue weighted by Crippen LogP contribution is -2.43. The number of aryl methyl sites for hydroxylation is 1. The maximum Gasteiger partial charge on any atom is 0.244 e. The molecule has 9 heteroatoms. The number of hydrogen-bond donors (Lipinski definition) is 1. The fourth-order valence-electron chi connectivity index (χ4n) is 2.99. The minimum Gasteiger partial charge on any atom is -0.341 e. The van der Waals surface area contributed by atoms with Gasteiger partial charge in [-0.15, -0.1) is 36.2 Å². The molecule has 0 spiro atoms. The number of carbonyl (C=O) groups is 1. The van der Waals surface area contributed by atoms with Crippen LogP contribution in [0.15, 0.2) is 24.0 Å². The van der Waals surface area contributed by atoms with Gasteiger partial charge >= 0.3 is 0 Å². The Bertz CT molecular complexity index is 626. The number of hydrogen-bond acceptors (Lipinski definition) is 5. The summed E-state index contributed by atoms with van der Waals surface area (Å²) in [5.74, 6) is 0.628. The van der Waals surface area contributed by atoms with E-state index in [1.165, 1.54) is 5.01 Å². The molecule has 1 aliphatic heterocycles. The Morgan fingerprint density at radius 2 is 2.08 bits per heavy atom. The number of piperidine rings is 1. The Morgan fingerprint density at radius 3 is 2.58 bits per heavy atom. The summed E-state index contributed by atoms with van der Waals surface area (Å²) in [6.07, 6.45) is 7.48. The van der Waals surface area contributed by atoms with Crippen LogP contribution in [-0.4, -0.2) is 45.7 Å². The lowest BCUT2D eigenvalue weighted by atomic mass is 9.96. The van der Waals surface area contributed by atoms with E-state index in [0.717, 1.165) is 31.5 Å². The van der Waals surface area contributed by atoms with Gasteiger partial charge in [0.05, 0.1) is 11.2 Å². The molecule has 3 rings (SSSR count). The van der Waals surface area contributed by atoms with Crippen LogP contribution in [0.25, 0.3) is 0 Å². The van der Waals surface area contributed by atoms with Crippen molar-refractivity contribution in [2.24, 2.45) is 7.05 Å². The molecular formula is C15H23Cl2N5OS. The van der Waals surface area contributed by atoms with Gasteiger partial charge in [0, 0.05) is 49.4 Å². The zero-order valence-electron chi connectivity index (χ0n) is 13.7. The zero-order chi connectivity index (χ0) is 15.5. The van der Waals surface area contributed by atoms with Gasteiger partial charge in [0.2, 0.25) is 5.91 Å². The maximum absolute atomic E-state index is 12.7. The summed E-state index contributed by atoms with van der Waals surface area (Å²) in [7, 11) is 3.68. The fraction of sp³-hybridized carbons (Fsp3) is 0.533. The van der Waals surface area contributed by atoms with Crippen molar-refractivity contribution in [2.75, 3.05) is 20.1 Å². The lowest BCUT2D eigenvalue weighted by Gasteiger charge is -2.33. The van der Waals surface area contributed by atoms with Crippen LogP contribution in [0.1, 0.15) is 35.4 Å². The molecule has 1 N–H and O–H groups in total. The molecule has 0 radical (unpaired) electrons. The lowest BCUT2D eigenvalue weighted by molar-refractivity contribution is -0.134. The average Bonchev–Trinajstić information content (AvgIpc) is 3.20. The van der Waals surface area contributed by atoms with E-state index in [1.54, 1.807) is 22.2 Å². The predicted octanol–water partition coefficient (Wildman–Crippen LogP) is 2.39. The predicted molar refractivity (Wildman–Crippen MR) is 100 cm³/mol. The first-order valence-corrected chi connectivity index (χ1v) is 8.41. The number of likely N-dealkylation sites (N-methyl/N-ethyl adjacent to an activating group) is 1. The van der Waals surface area contributed by atoms with Crippen molar-refractivity contribution in [2.45, 2.75) is 24.8 Å². The van der Waals surface area contributed by atoms with Gasteiger partial charge in [0.1, 0.15) is 6.04 Å². The second kappa shape index (κ2) is 9.36. The maximum atomic E-state index is 12.7. The first-order valence-electron chi connectivity index (χ1n) is 7.53. The molecule has 1 unspecified atom stereocenters. The third-order valence-electron chi connectivity index (χ3n) is 4.20. The van der Waals surface area contributed by atoms with E-state index in [2.05, 4.69) is 15.4 Å². The molecule has 1 saturated heterocycles. The highest BCUT2D eigenvalue weighted by molar-refractivity contribution is 7.09. The fourth-order valence-corrected chi connectivity index (χ4v) is 3.80. The zero-order valence-corrected chi connectivity index (χ0v) is 16.2. The Hall–Kier alpha value is -1.15. The average molecular weight is 392 g/mol. The summed E-state index contributed by atoms with van der Waals surface area (Å²) in [6, 6.07) is -0.315. The van der Waals surface area contributed by atoms with Crippen molar-refractivity contribution < 1.29 is 4.79 Å². The first kappa shape index (κ1) is 20.9. The molecule has 6 nitrogen and oxygen atoms in total. The molecule has 0 bridgehead atoms. The van der Waals surface area contributed by atoms with E-state index >= 15 is 0 Å². The number of carbonyl (C=O) groups excluding carboxylic acids is 1. The minimum absolute atomic E-state index is 0. The van der Waals surface area contributed by atoms with Gasteiger partial charge in [0.15, 0.2) is 0 Å². The molecule has 2 aromatic rings. The van der Waals surface area contributed by atoms with Crippen molar-refractivity contribution >= 4 is 42.1 Å². The van der Waals surface area contributed by atoms with Gasteiger partial charge in [-0.05, 0) is 19.9 Å². The molecule has 134 valence electrons. The first-order chi connectivity index (χ1) is 10.7. The molecule has 0 saturated carbocycles. The van der Waals surface area contributed by atoms with Gasteiger partial charge in [-0.2, -0.15) is 5.10 Å². The number of nitrogens with one attached hydrogen (secondary N) is 1. The molecule has 1 aliphatic rings. The van der Waals surface area contributed by atoms with Crippen molar-refractivity contribution in [3.63, 3.8) is 0 Å². The summed E-state index contributed by atoms with van der Waals surface area (Å²) < 4.78 is 1.72. The Kier molecular flexibility index (Phi) is 8.15. The summed E-state index contributed by atoms with van der Waals surface area (Å²) in [6.45, 7) is 1.59. The van der Waals surface area contributed by atoms with Crippen LogP contribution in [-0.2, 0) is 11.8 Å². The van der Waals surface area contributed by atoms with Crippen LogP contribution in [0.2, 0.25) is 0 Å². The topological polar surface area (TPSA) is 63.1 Å². The minimum atomic E-state index is -0.315. The van der Waals surface area contributed by atoms with Crippen LogP contribution < -0.4 is 5.32 Å². The third kappa shape index (κ3) is 4.47. The van der Waals surface area contributed by atoms with Crippen LogP contribution >= 0.6 is 36.2 Å². The molecule has 0 aromatic carbocycles. The van der Waals surface area contributed by atoms with E-state index in [4.69, 9.17) is 0 Å². The monoisotopic (exact) mass is 391 g/mol. The number of amides is 1. The van der Waals surface area contributed by atoms with E-state index in [1.807, 2.05) is 36.8 Å². The van der Waals surface area contributed by atoms with Crippen molar-refractivity contribution in [3.05, 3.63) is 34.5 Å². The van der Waals surface area contributed by atoms with Crippen LogP contribution in [0, 0.1) is 0 Å². The van der Waals surface area contributed by atoms with Crippen LogP contribution in [0.5, 0.6) is 0 Å². The molecule has 24 heavy (non-hydrogen) atoms. The third-order valence-corrected chi connectivity index (χ3v) is 5.14. The number of nitrogens with zero attached hydrogens (tertiary/aromatic N) is 4. The number of halogens is 2. The molecule has 3 heterocycles. The quantitative estimate of drug-likeness (QED) is 0.868. The molecule has 1 amide bonds. The molecular weight excluding hydrogens is 369 g/mol. The van der Waals surface area contributed by atoms with Gasteiger partial charge in [-0.25, -0.2) is 4.98 Å². The standard InChI is InChI=1S/C15H21N5OS.2ClH/c1-16-13(12-9-18-19(2)10-12)15(21)20-6-3-11(4-7-20)14-17-5-8-22-14;;/h5,8-11,13,16H,3-4,6-7H2,1-2H3;2*1H. The Morgan fingerprint density at radius 1 is 1.38 bits per heavy atom. The van der Waals surface area contributed by atoms with E-state index < -0.39 is 0 Å². The smallest absolute Gasteiger partial charge is 0.244 e. The number of thiazole rings is 1. The highest BCUT2D eigenvalue weighted by Crippen LogP contribution is 2.30. The number of aromatic nitrogens is 3. The second-order valence-electron chi connectivity index (χ2n) is 5.64. The van der Waals surface area contributed by atoms with E-state index in [9.17, 15) is 4.79 Å². The molecule has 2 aromatic heterocycles. The highest BCUT2D eigenvalue weighted by Gasteiger charge is 2.30. The van der Waals surface area contributed by atoms with Gasteiger partial charge in [-0.1, -0.05) is 0 Å². The number of rotatable bonds is 4. The number of likely N-dealkylation sites (tertiary alicyclic amines) is 1. The normalized spacial score (nSPS) is 16.2. The van der Waals surface area contributed by atoms with Crippen molar-refractivity contribution in [3.8, 4) is 0 Å². The van der Waals surface area contributed by atoms with Gasteiger partial charge in [-0.3, -0.25) is 9.48 Å². The molecule has 1 fully saturated rings. The Labute approximate surface area is 158 Å². The van der Waals surface area contributed by atoms with E-state index in [0.29, 0.717) is 5.92 Å². The molecule has 1 atom stereocenters. The van der Waals surface area contributed by atoms with E-state index in [-0.39, 0.29) is 36.8 Å². The van der Waals surface area contributed by atoms with Gasteiger partial charge < -0.3 is 10.2 Å². The van der Waals surface area contributed by atoms with Gasteiger partial charge in [0.25, 0.3) is 0 Å². The van der Waals surface area contributed by atoms with Crippen molar-refractivity contribution in [1.82, 2.24) is 25.0 Å². The summed E-state index contributed by atoms with van der Waals surface area (Å²) in [4.78, 5) is 19.1. The summed E-state index contributed by atoms with van der Waals surface area (Å²) >= 11 is 1.71. The summed E-state index contributed by atoms with van der Waals surface area (Å²) in [5.41, 5.74) is 0.914. The SMILES string of the molecule is CNC(C(=O)N1CCC(c2nccs2)CC1)c1cnn(C)c1.Cl.Cl.